The van der Waals surface area contributed by atoms with E-state index in [-0.39, 0.29) is 5.11 Å². The van der Waals surface area contributed by atoms with Gasteiger partial charge in [-0.05, 0) is 65.7 Å². The molecule has 3 aliphatic carbocycles. The van der Waals surface area contributed by atoms with Crippen molar-refractivity contribution in [2.24, 2.45) is 28.1 Å². The summed E-state index contributed by atoms with van der Waals surface area (Å²) in [5, 5.41) is 5.45. The molecule has 0 saturated heterocycles. The molecule has 2 atom stereocenters. The molecule has 3 saturated carbocycles. The van der Waals surface area contributed by atoms with E-state index in [1.807, 2.05) is 24.3 Å². The molecule has 0 heterocycles. The maximum Gasteiger partial charge on any atom is 0.184 e. The summed E-state index contributed by atoms with van der Waals surface area (Å²) in [4.78, 5) is 0. The summed E-state index contributed by atoms with van der Waals surface area (Å²) >= 11 is 10.8. The summed E-state index contributed by atoms with van der Waals surface area (Å²) in [5.74, 6) is 1.19. The Balaban J connectivity index is 1.93. The van der Waals surface area contributed by atoms with Crippen molar-refractivity contribution in [1.29, 1.82) is 0 Å². The van der Waals surface area contributed by atoms with Crippen molar-refractivity contribution in [3.8, 4) is 0 Å². The quantitative estimate of drug-likeness (QED) is 0.635. The number of hydrogen-bond acceptors (Lipinski definition) is 2. The van der Waals surface area contributed by atoms with Crippen LogP contribution < -0.4 is 11.2 Å². The molecule has 4 rings (SSSR count). The summed E-state index contributed by atoms with van der Waals surface area (Å²) in [6.45, 7) is 4.64. The van der Waals surface area contributed by atoms with Crippen LogP contribution in [0.3, 0.4) is 0 Å². The second-order valence-electron chi connectivity index (χ2n) is 6.70. The number of rotatable bonds is 2. The molecule has 3 nitrogen and oxygen atoms in total. The molecule has 116 valence electrons. The Hall–Kier alpha value is -1.39. The lowest BCUT2D eigenvalue weighted by atomic mass is 9.47. The van der Waals surface area contributed by atoms with Gasteiger partial charge in [0, 0.05) is 10.9 Å². The molecule has 2 bridgehead atoms. The van der Waals surface area contributed by atoms with Crippen LogP contribution >= 0.6 is 23.8 Å². The van der Waals surface area contributed by atoms with Gasteiger partial charge in [0.25, 0.3) is 0 Å². The minimum atomic E-state index is 0.206. The van der Waals surface area contributed by atoms with Crippen molar-refractivity contribution in [3.63, 3.8) is 0 Å². The Morgan fingerprint density at radius 1 is 1.41 bits per heavy atom. The van der Waals surface area contributed by atoms with Crippen LogP contribution in [-0.2, 0) is 0 Å². The zero-order valence-corrected chi connectivity index (χ0v) is 14.3. The number of allylic oxidation sites excluding steroid dienone is 1. The van der Waals surface area contributed by atoms with Crippen LogP contribution in [-0.4, -0.2) is 10.8 Å². The van der Waals surface area contributed by atoms with E-state index >= 15 is 0 Å². The molecule has 5 heteroatoms. The molecule has 0 spiro atoms. The first kappa shape index (κ1) is 15.5. The Morgan fingerprint density at radius 3 is 2.68 bits per heavy atom. The predicted molar refractivity (Wildman–Crippen MR) is 96.8 cm³/mol. The molecular formula is C17H20ClN3S. The fourth-order valence-corrected chi connectivity index (χ4v) is 3.75. The third-order valence-corrected chi connectivity index (χ3v) is 5.44. The van der Waals surface area contributed by atoms with Gasteiger partial charge < -0.3 is 5.73 Å². The van der Waals surface area contributed by atoms with Crippen LogP contribution in [0, 0.1) is 17.3 Å². The molecule has 3 aliphatic rings. The Labute approximate surface area is 141 Å². The van der Waals surface area contributed by atoms with Crippen molar-refractivity contribution in [1.82, 2.24) is 5.43 Å². The minimum Gasteiger partial charge on any atom is -0.375 e. The average Bonchev–Trinajstić information content (AvgIpc) is 2.47. The summed E-state index contributed by atoms with van der Waals surface area (Å²) in [7, 11) is 0. The molecule has 1 aromatic rings. The largest absolute Gasteiger partial charge is 0.375 e. The van der Waals surface area contributed by atoms with Crippen LogP contribution in [0.1, 0.15) is 32.3 Å². The fraction of sp³-hybridized carbons (Fsp3) is 0.412. The highest BCUT2D eigenvalue weighted by Crippen LogP contribution is 2.59. The second kappa shape index (κ2) is 5.67. The SMILES string of the molecule is CC1(C)C2CC(=C\c3ccc(Cl)cc3)/C(=N\NC(N)=S)C1C2. The second-order valence-corrected chi connectivity index (χ2v) is 7.58. The molecule has 3 fully saturated rings. The van der Waals surface area contributed by atoms with E-state index in [9.17, 15) is 0 Å². The Morgan fingerprint density at radius 2 is 2.09 bits per heavy atom. The molecule has 0 aliphatic heterocycles. The van der Waals surface area contributed by atoms with Gasteiger partial charge in [0.05, 0.1) is 5.71 Å². The summed E-state index contributed by atoms with van der Waals surface area (Å²) in [6, 6.07) is 7.87. The molecule has 0 radical (unpaired) electrons. The highest BCUT2D eigenvalue weighted by Gasteiger charge is 2.54. The average molecular weight is 334 g/mol. The van der Waals surface area contributed by atoms with Gasteiger partial charge in [-0.2, -0.15) is 5.10 Å². The lowest BCUT2D eigenvalue weighted by Crippen LogP contribution is -2.54. The van der Waals surface area contributed by atoms with Gasteiger partial charge in [0.2, 0.25) is 0 Å². The lowest BCUT2D eigenvalue weighted by molar-refractivity contribution is 0.0141. The van der Waals surface area contributed by atoms with E-state index in [0.29, 0.717) is 11.3 Å². The molecule has 22 heavy (non-hydrogen) atoms. The highest BCUT2D eigenvalue weighted by atomic mass is 35.5. The number of fused-ring (bicyclic) bond motifs is 2. The van der Waals surface area contributed by atoms with Crippen molar-refractivity contribution in [2.75, 3.05) is 0 Å². The first-order valence-corrected chi connectivity index (χ1v) is 8.26. The standard InChI is InChI=1S/C17H20ClN3S/c1-17(2)12-8-11(7-10-3-5-13(18)6-4-10)15(14(17)9-12)20-21-16(19)22/h3-7,12,14H,8-9H2,1-2H3,(H3,19,21,22)/b11-7+,20-15+. The Bertz CT molecular complexity index is 661. The number of nitrogens with one attached hydrogen (secondary N) is 1. The van der Waals surface area contributed by atoms with Gasteiger partial charge in [-0.3, -0.25) is 5.43 Å². The van der Waals surface area contributed by atoms with Crippen LogP contribution in [0.5, 0.6) is 0 Å². The smallest absolute Gasteiger partial charge is 0.184 e. The number of thiocarbonyl (C=S) groups is 1. The fourth-order valence-electron chi connectivity index (χ4n) is 3.58. The maximum absolute atomic E-state index is 5.95. The van der Waals surface area contributed by atoms with Crippen molar-refractivity contribution in [2.45, 2.75) is 26.7 Å². The van der Waals surface area contributed by atoms with Crippen molar-refractivity contribution in [3.05, 3.63) is 40.4 Å². The van der Waals surface area contributed by atoms with Crippen LogP contribution in [0.15, 0.2) is 34.9 Å². The molecular weight excluding hydrogens is 314 g/mol. The first-order chi connectivity index (χ1) is 10.4. The van der Waals surface area contributed by atoms with E-state index in [2.05, 4.69) is 30.5 Å². The number of benzene rings is 1. The van der Waals surface area contributed by atoms with E-state index in [4.69, 9.17) is 29.6 Å². The summed E-state index contributed by atoms with van der Waals surface area (Å²) in [5.41, 5.74) is 12.1. The van der Waals surface area contributed by atoms with Gasteiger partial charge in [-0.15, -0.1) is 0 Å². The van der Waals surface area contributed by atoms with Gasteiger partial charge in [-0.25, -0.2) is 0 Å². The lowest BCUT2D eigenvalue weighted by Gasteiger charge is -2.57. The van der Waals surface area contributed by atoms with E-state index in [1.165, 1.54) is 12.0 Å². The van der Waals surface area contributed by atoms with E-state index in [0.717, 1.165) is 28.6 Å². The van der Waals surface area contributed by atoms with Crippen LogP contribution in [0.2, 0.25) is 5.02 Å². The van der Waals surface area contributed by atoms with Gasteiger partial charge in [-0.1, -0.05) is 37.6 Å². The van der Waals surface area contributed by atoms with Crippen LogP contribution in [0.25, 0.3) is 6.08 Å². The van der Waals surface area contributed by atoms with E-state index < -0.39 is 0 Å². The summed E-state index contributed by atoms with van der Waals surface area (Å²) in [6.07, 6.45) is 4.44. The molecule has 3 N–H and O–H groups in total. The number of halogens is 1. The van der Waals surface area contributed by atoms with Crippen molar-refractivity contribution >= 4 is 40.7 Å². The topological polar surface area (TPSA) is 50.4 Å². The number of nitrogens with zero attached hydrogens (tertiary/aromatic N) is 1. The number of hydrazone groups is 1. The third kappa shape index (κ3) is 2.77. The molecule has 0 amide bonds. The summed E-state index contributed by atoms with van der Waals surface area (Å²) < 4.78 is 0. The maximum atomic E-state index is 5.95. The minimum absolute atomic E-state index is 0.206. The van der Waals surface area contributed by atoms with Crippen LogP contribution in [0.4, 0.5) is 0 Å². The van der Waals surface area contributed by atoms with E-state index in [1.54, 1.807) is 0 Å². The van der Waals surface area contributed by atoms with Crippen molar-refractivity contribution < 1.29 is 0 Å². The zero-order chi connectivity index (χ0) is 15.9. The molecule has 0 aromatic heterocycles. The monoisotopic (exact) mass is 333 g/mol. The molecule has 2 unspecified atom stereocenters. The number of nitrogens with two attached hydrogens (primary N) is 1. The highest BCUT2D eigenvalue weighted by molar-refractivity contribution is 7.80. The predicted octanol–water partition coefficient (Wildman–Crippen LogP) is 3.98. The first-order valence-electron chi connectivity index (χ1n) is 7.47. The zero-order valence-electron chi connectivity index (χ0n) is 12.8. The van der Waals surface area contributed by atoms with Gasteiger partial charge >= 0.3 is 0 Å². The van der Waals surface area contributed by atoms with Gasteiger partial charge in [0.1, 0.15) is 0 Å². The molecule has 1 aromatic carbocycles. The van der Waals surface area contributed by atoms with Gasteiger partial charge in [0.15, 0.2) is 5.11 Å². The Kier molecular flexibility index (Phi) is 4.00. The third-order valence-electron chi connectivity index (χ3n) is 5.09. The normalized spacial score (nSPS) is 29.2. The number of hydrogen-bond donors (Lipinski definition) is 2.